The average molecular weight is 82.1 g/mol. The maximum absolute atomic E-state index is 1.56. The Hall–Kier alpha value is 0. The van der Waals surface area contributed by atoms with Crippen LogP contribution in [-0.4, -0.2) is 0 Å². The van der Waals surface area contributed by atoms with Gasteiger partial charge in [-0.3, -0.25) is 0 Å². The third-order valence-electron chi connectivity index (χ3n) is 1.91. The monoisotopic (exact) mass is 82.1 g/mol. The minimum Gasteiger partial charge on any atom is -0.0499 e. The van der Waals surface area contributed by atoms with Crippen LogP contribution in [-0.2, 0) is 0 Å². The fourth-order valence-corrected chi connectivity index (χ4v) is 1.14. The molecule has 0 nitrogen and oxygen atoms in total. The third-order valence-corrected chi connectivity index (χ3v) is 1.91. The van der Waals surface area contributed by atoms with E-state index in [9.17, 15) is 0 Å². The topological polar surface area (TPSA) is 0 Å². The summed E-state index contributed by atoms with van der Waals surface area (Å²) in [5.74, 6) is 2.43. The largest absolute Gasteiger partial charge is 0.0499 e. The highest BCUT2D eigenvalue weighted by molar-refractivity contribution is 4.89. The van der Waals surface area contributed by atoms with Crippen LogP contribution in [0.5, 0.6) is 0 Å². The second-order valence-electron chi connectivity index (χ2n) is 2.67. The second kappa shape index (κ2) is 0.800. The maximum Gasteiger partial charge on any atom is -0.0386 e. The van der Waals surface area contributed by atoms with Gasteiger partial charge in [0.1, 0.15) is 0 Å². The van der Waals surface area contributed by atoms with Gasteiger partial charge in [-0.15, -0.1) is 0 Å². The Morgan fingerprint density at radius 3 is 1.17 bits per heavy atom. The van der Waals surface area contributed by atoms with Crippen LogP contribution in [0.25, 0.3) is 0 Å². The van der Waals surface area contributed by atoms with E-state index in [1.807, 2.05) is 0 Å². The standard InChI is InChI=1S/C6H10/c1-2-5(1)6-3-4-6/h5-6H,1-4H2. The minimum absolute atomic E-state index is 1.21. The molecule has 0 saturated heterocycles. The fourth-order valence-electron chi connectivity index (χ4n) is 1.14. The van der Waals surface area contributed by atoms with Crippen LogP contribution < -0.4 is 0 Å². The lowest BCUT2D eigenvalue weighted by molar-refractivity contribution is 0.716. The van der Waals surface area contributed by atoms with Crippen LogP contribution in [0.15, 0.2) is 0 Å². The molecular formula is C6H10. The van der Waals surface area contributed by atoms with E-state index < -0.39 is 0 Å². The van der Waals surface area contributed by atoms with Crippen molar-refractivity contribution in [2.24, 2.45) is 11.8 Å². The molecule has 6 heavy (non-hydrogen) atoms. The van der Waals surface area contributed by atoms with Gasteiger partial charge in [0.05, 0.1) is 0 Å². The smallest absolute Gasteiger partial charge is 0.0386 e. The number of rotatable bonds is 1. The fraction of sp³-hybridized carbons (Fsp3) is 1.00. The van der Waals surface area contributed by atoms with Crippen molar-refractivity contribution in [3.63, 3.8) is 0 Å². The lowest BCUT2D eigenvalue weighted by atomic mass is 10.3. The van der Waals surface area contributed by atoms with E-state index >= 15 is 0 Å². The van der Waals surface area contributed by atoms with Crippen LogP contribution in [0.2, 0.25) is 0 Å². The van der Waals surface area contributed by atoms with Gasteiger partial charge in [0.15, 0.2) is 0 Å². The van der Waals surface area contributed by atoms with Crippen molar-refractivity contribution in [1.29, 1.82) is 0 Å². The van der Waals surface area contributed by atoms with Gasteiger partial charge in [0.2, 0.25) is 0 Å². The third kappa shape index (κ3) is 0.360. The van der Waals surface area contributed by atoms with Crippen molar-refractivity contribution < 1.29 is 0 Å². The van der Waals surface area contributed by atoms with E-state index in [2.05, 4.69) is 0 Å². The molecule has 0 spiro atoms. The summed E-state index contributed by atoms with van der Waals surface area (Å²) in [5.41, 5.74) is 0. The summed E-state index contributed by atoms with van der Waals surface area (Å²) in [7, 11) is 0. The molecule has 2 aliphatic carbocycles. The van der Waals surface area contributed by atoms with Gasteiger partial charge in [-0.2, -0.15) is 0 Å². The molecule has 0 heteroatoms. The number of hydrogen-bond acceptors (Lipinski definition) is 0. The van der Waals surface area contributed by atoms with Gasteiger partial charge in [-0.1, -0.05) is 0 Å². The van der Waals surface area contributed by atoms with Crippen LogP contribution in [0.1, 0.15) is 25.7 Å². The summed E-state index contributed by atoms with van der Waals surface area (Å²) in [6.07, 6.45) is 6.24. The Labute approximate surface area is 38.6 Å². The van der Waals surface area contributed by atoms with E-state index in [0.717, 1.165) is 0 Å². The molecule has 0 aliphatic heterocycles. The normalized spacial score (nSPS) is 34.0. The van der Waals surface area contributed by atoms with Gasteiger partial charge in [-0.05, 0) is 37.5 Å². The van der Waals surface area contributed by atoms with E-state index in [0.29, 0.717) is 0 Å². The molecule has 2 saturated carbocycles. The first-order valence-electron chi connectivity index (χ1n) is 2.97. The van der Waals surface area contributed by atoms with Crippen LogP contribution in [0.4, 0.5) is 0 Å². The first-order chi connectivity index (χ1) is 2.97. The molecule has 0 amide bonds. The summed E-state index contributed by atoms with van der Waals surface area (Å²) in [4.78, 5) is 0. The molecule has 2 aliphatic rings. The molecule has 0 atom stereocenters. The zero-order valence-electron chi connectivity index (χ0n) is 3.98. The van der Waals surface area contributed by atoms with Crippen molar-refractivity contribution in [3.8, 4) is 0 Å². The highest BCUT2D eigenvalue weighted by Crippen LogP contribution is 2.49. The van der Waals surface area contributed by atoms with Gasteiger partial charge in [0, 0.05) is 0 Å². The van der Waals surface area contributed by atoms with Gasteiger partial charge >= 0.3 is 0 Å². The Bertz CT molecular complexity index is 48.4. The zero-order valence-corrected chi connectivity index (χ0v) is 3.98. The van der Waals surface area contributed by atoms with Crippen molar-refractivity contribution in [3.05, 3.63) is 0 Å². The van der Waals surface area contributed by atoms with Crippen molar-refractivity contribution in [1.82, 2.24) is 0 Å². The lowest BCUT2D eigenvalue weighted by Crippen LogP contribution is -1.70. The van der Waals surface area contributed by atoms with Crippen LogP contribution in [0.3, 0.4) is 0 Å². The second-order valence-corrected chi connectivity index (χ2v) is 2.67. The summed E-state index contributed by atoms with van der Waals surface area (Å²) < 4.78 is 0. The maximum atomic E-state index is 1.56. The first-order valence-corrected chi connectivity index (χ1v) is 2.97. The van der Waals surface area contributed by atoms with Gasteiger partial charge in [0.25, 0.3) is 0 Å². The average Bonchev–Trinajstić information content (AvgIpc) is 2.26. The summed E-state index contributed by atoms with van der Waals surface area (Å²) in [6.45, 7) is 0. The quantitative estimate of drug-likeness (QED) is 0.452. The van der Waals surface area contributed by atoms with Gasteiger partial charge < -0.3 is 0 Å². The number of hydrogen-bond donors (Lipinski definition) is 0. The van der Waals surface area contributed by atoms with E-state index in [4.69, 9.17) is 0 Å². The molecule has 0 aromatic carbocycles. The molecule has 0 unspecified atom stereocenters. The predicted octanol–water partition coefficient (Wildman–Crippen LogP) is 1.81. The van der Waals surface area contributed by atoms with Crippen LogP contribution in [0, 0.1) is 11.8 Å². The van der Waals surface area contributed by atoms with E-state index in [1.165, 1.54) is 11.8 Å². The highest BCUT2D eigenvalue weighted by atomic mass is 14.4. The Morgan fingerprint density at radius 2 is 1.00 bits per heavy atom. The highest BCUT2D eigenvalue weighted by Gasteiger charge is 2.37. The lowest BCUT2D eigenvalue weighted by Gasteiger charge is -1.77. The molecule has 2 rings (SSSR count). The molecule has 0 aromatic heterocycles. The zero-order chi connectivity index (χ0) is 3.98. The van der Waals surface area contributed by atoms with E-state index in [1.54, 1.807) is 25.7 Å². The van der Waals surface area contributed by atoms with Crippen molar-refractivity contribution in [2.75, 3.05) is 0 Å². The Kier molecular flexibility index (Phi) is 0.408. The molecule has 2 fully saturated rings. The van der Waals surface area contributed by atoms with E-state index in [-0.39, 0.29) is 0 Å². The summed E-state index contributed by atoms with van der Waals surface area (Å²) in [5, 5.41) is 0. The SMILES string of the molecule is C1CC1C1CC1. The summed E-state index contributed by atoms with van der Waals surface area (Å²) in [6, 6.07) is 0. The molecule has 0 N–H and O–H groups in total. The molecule has 0 heterocycles. The first kappa shape index (κ1) is 3.06. The molecule has 0 aromatic rings. The van der Waals surface area contributed by atoms with Gasteiger partial charge in [-0.25, -0.2) is 0 Å². The minimum atomic E-state index is 1.21. The Balaban J connectivity index is 1.92. The molecule has 0 radical (unpaired) electrons. The van der Waals surface area contributed by atoms with Crippen molar-refractivity contribution >= 4 is 0 Å². The predicted molar refractivity (Wildman–Crippen MR) is 25.4 cm³/mol. The molecule has 0 bridgehead atoms. The Morgan fingerprint density at radius 1 is 0.667 bits per heavy atom. The molecule has 34 valence electrons. The molecular weight excluding hydrogens is 72.1 g/mol. The van der Waals surface area contributed by atoms with Crippen LogP contribution >= 0.6 is 0 Å². The summed E-state index contributed by atoms with van der Waals surface area (Å²) >= 11 is 0. The van der Waals surface area contributed by atoms with Crippen molar-refractivity contribution in [2.45, 2.75) is 25.7 Å².